The SMILES string of the molecule is COc1ccc(N=Nc2cc(C)c(O)c(CN3CCCC3)c2)cc1. The highest BCUT2D eigenvalue weighted by molar-refractivity contribution is 5.52. The summed E-state index contributed by atoms with van der Waals surface area (Å²) in [7, 11) is 1.64. The molecule has 5 nitrogen and oxygen atoms in total. The van der Waals surface area contributed by atoms with Crippen molar-refractivity contribution in [2.45, 2.75) is 26.3 Å². The topological polar surface area (TPSA) is 57.4 Å². The quantitative estimate of drug-likeness (QED) is 0.809. The smallest absolute Gasteiger partial charge is 0.123 e. The normalized spacial score (nSPS) is 15.2. The largest absolute Gasteiger partial charge is 0.507 e. The third kappa shape index (κ3) is 3.92. The van der Waals surface area contributed by atoms with Gasteiger partial charge in [-0.1, -0.05) is 0 Å². The molecular weight excluding hydrogens is 302 g/mol. The number of hydrogen-bond acceptors (Lipinski definition) is 5. The zero-order chi connectivity index (χ0) is 16.9. The van der Waals surface area contributed by atoms with Gasteiger partial charge in [-0.15, -0.1) is 0 Å². The summed E-state index contributed by atoms with van der Waals surface area (Å²) in [5, 5.41) is 18.9. The molecule has 5 heteroatoms. The number of benzene rings is 2. The molecule has 0 spiro atoms. The minimum Gasteiger partial charge on any atom is -0.507 e. The van der Waals surface area contributed by atoms with E-state index in [0.29, 0.717) is 5.75 Å². The van der Waals surface area contributed by atoms with Crippen LogP contribution in [0.25, 0.3) is 0 Å². The Morgan fingerprint density at radius 2 is 1.71 bits per heavy atom. The second-order valence-electron chi connectivity index (χ2n) is 6.15. The Labute approximate surface area is 142 Å². The van der Waals surface area contributed by atoms with Gasteiger partial charge in [0.05, 0.1) is 18.5 Å². The number of phenolic OH excluding ortho intramolecular Hbond substituents is 1. The predicted octanol–water partition coefficient (Wildman–Crippen LogP) is 4.72. The summed E-state index contributed by atoms with van der Waals surface area (Å²) in [6, 6.07) is 11.2. The van der Waals surface area contributed by atoms with Crippen LogP contribution >= 0.6 is 0 Å². The molecule has 0 aromatic heterocycles. The lowest BCUT2D eigenvalue weighted by atomic mass is 10.1. The number of azo groups is 1. The molecule has 1 heterocycles. The van der Waals surface area contributed by atoms with Crippen molar-refractivity contribution < 1.29 is 9.84 Å². The molecule has 0 aliphatic carbocycles. The van der Waals surface area contributed by atoms with Gasteiger partial charge in [-0.3, -0.25) is 4.90 Å². The maximum atomic E-state index is 10.3. The van der Waals surface area contributed by atoms with Gasteiger partial charge in [0.15, 0.2) is 0 Å². The molecular formula is C19H23N3O2. The number of nitrogens with zero attached hydrogens (tertiary/aromatic N) is 3. The molecule has 24 heavy (non-hydrogen) atoms. The van der Waals surface area contributed by atoms with Gasteiger partial charge < -0.3 is 9.84 Å². The molecule has 2 aromatic rings. The van der Waals surface area contributed by atoms with Crippen molar-refractivity contribution in [2.75, 3.05) is 20.2 Å². The average Bonchev–Trinajstić information content (AvgIpc) is 3.11. The molecule has 3 rings (SSSR count). The first-order valence-electron chi connectivity index (χ1n) is 8.26. The average molecular weight is 325 g/mol. The van der Waals surface area contributed by atoms with Gasteiger partial charge in [0, 0.05) is 12.1 Å². The molecule has 2 aromatic carbocycles. The lowest BCUT2D eigenvalue weighted by Gasteiger charge is -2.16. The summed E-state index contributed by atoms with van der Waals surface area (Å²) in [5.41, 5.74) is 3.27. The monoisotopic (exact) mass is 325 g/mol. The molecule has 1 aliphatic rings. The van der Waals surface area contributed by atoms with Crippen molar-refractivity contribution in [3.8, 4) is 11.5 Å². The second kappa shape index (κ2) is 7.45. The third-order valence-corrected chi connectivity index (χ3v) is 4.31. The van der Waals surface area contributed by atoms with Crippen LogP contribution in [0.4, 0.5) is 11.4 Å². The van der Waals surface area contributed by atoms with Crippen LogP contribution in [0, 0.1) is 6.92 Å². The Balaban J connectivity index is 1.79. The first-order chi connectivity index (χ1) is 11.7. The molecule has 0 bridgehead atoms. The van der Waals surface area contributed by atoms with Crippen LogP contribution in [0.5, 0.6) is 11.5 Å². The summed E-state index contributed by atoms with van der Waals surface area (Å²) in [6.45, 7) is 4.85. The van der Waals surface area contributed by atoms with Crippen molar-refractivity contribution in [3.63, 3.8) is 0 Å². The fourth-order valence-electron chi connectivity index (χ4n) is 2.96. The van der Waals surface area contributed by atoms with E-state index in [-0.39, 0.29) is 0 Å². The van der Waals surface area contributed by atoms with Crippen molar-refractivity contribution in [2.24, 2.45) is 10.2 Å². The fraction of sp³-hybridized carbons (Fsp3) is 0.368. The number of likely N-dealkylation sites (tertiary alicyclic amines) is 1. The third-order valence-electron chi connectivity index (χ3n) is 4.31. The zero-order valence-electron chi connectivity index (χ0n) is 14.2. The standard InChI is InChI=1S/C19H23N3O2/c1-14-11-17(21-20-16-5-7-18(24-2)8-6-16)12-15(19(14)23)13-22-9-3-4-10-22/h5-8,11-12,23H,3-4,9-10,13H2,1-2H3. The number of hydrogen-bond donors (Lipinski definition) is 1. The van der Waals surface area contributed by atoms with E-state index in [9.17, 15) is 5.11 Å². The van der Waals surface area contributed by atoms with Crippen molar-refractivity contribution in [1.82, 2.24) is 4.90 Å². The first kappa shape index (κ1) is 16.5. The Kier molecular flexibility index (Phi) is 5.11. The second-order valence-corrected chi connectivity index (χ2v) is 6.15. The molecule has 1 aliphatic heterocycles. The highest BCUT2D eigenvalue weighted by Gasteiger charge is 2.15. The molecule has 1 N–H and O–H groups in total. The zero-order valence-corrected chi connectivity index (χ0v) is 14.2. The summed E-state index contributed by atoms with van der Waals surface area (Å²) in [6.07, 6.45) is 2.47. The van der Waals surface area contributed by atoms with Gasteiger partial charge in [-0.2, -0.15) is 10.2 Å². The highest BCUT2D eigenvalue weighted by atomic mass is 16.5. The van der Waals surface area contributed by atoms with Gasteiger partial charge in [0.1, 0.15) is 11.5 Å². The number of aromatic hydroxyl groups is 1. The van der Waals surface area contributed by atoms with Crippen LogP contribution in [-0.2, 0) is 6.54 Å². The molecule has 0 unspecified atom stereocenters. The van der Waals surface area contributed by atoms with Crippen LogP contribution < -0.4 is 4.74 Å². The molecule has 0 amide bonds. The van der Waals surface area contributed by atoms with Gasteiger partial charge >= 0.3 is 0 Å². The van der Waals surface area contributed by atoms with E-state index in [1.54, 1.807) is 7.11 Å². The summed E-state index contributed by atoms with van der Waals surface area (Å²) >= 11 is 0. The number of ether oxygens (including phenoxy) is 1. The van der Waals surface area contributed by atoms with E-state index in [1.807, 2.05) is 43.3 Å². The summed E-state index contributed by atoms with van der Waals surface area (Å²) < 4.78 is 5.14. The van der Waals surface area contributed by atoms with Crippen molar-refractivity contribution in [1.29, 1.82) is 0 Å². The van der Waals surface area contributed by atoms with Gasteiger partial charge in [0.25, 0.3) is 0 Å². The minimum atomic E-state index is 0.366. The Hall–Kier alpha value is -2.40. The molecule has 0 atom stereocenters. The lowest BCUT2D eigenvalue weighted by molar-refractivity contribution is 0.324. The summed E-state index contributed by atoms with van der Waals surface area (Å²) in [5.74, 6) is 1.16. The van der Waals surface area contributed by atoms with Crippen molar-refractivity contribution >= 4 is 11.4 Å². The maximum absolute atomic E-state index is 10.3. The van der Waals surface area contributed by atoms with E-state index < -0.39 is 0 Å². The van der Waals surface area contributed by atoms with Crippen LogP contribution in [0.2, 0.25) is 0 Å². The van der Waals surface area contributed by atoms with E-state index >= 15 is 0 Å². The maximum Gasteiger partial charge on any atom is 0.123 e. The van der Waals surface area contributed by atoms with Crippen molar-refractivity contribution in [3.05, 3.63) is 47.5 Å². The van der Waals surface area contributed by atoms with Crippen LogP contribution in [-0.4, -0.2) is 30.2 Å². The van der Waals surface area contributed by atoms with Crippen LogP contribution in [0.3, 0.4) is 0 Å². The minimum absolute atomic E-state index is 0.366. The van der Waals surface area contributed by atoms with Gasteiger partial charge in [-0.05, 0) is 74.8 Å². The number of rotatable bonds is 5. The fourth-order valence-corrected chi connectivity index (χ4v) is 2.96. The number of phenols is 1. The lowest BCUT2D eigenvalue weighted by Crippen LogP contribution is -2.18. The van der Waals surface area contributed by atoms with Gasteiger partial charge in [0.2, 0.25) is 0 Å². The Morgan fingerprint density at radius 1 is 1.04 bits per heavy atom. The van der Waals surface area contributed by atoms with E-state index in [1.165, 1.54) is 12.8 Å². The Morgan fingerprint density at radius 3 is 2.38 bits per heavy atom. The number of methoxy groups -OCH3 is 1. The van der Waals surface area contributed by atoms with Gasteiger partial charge in [-0.25, -0.2) is 0 Å². The molecule has 0 saturated carbocycles. The van der Waals surface area contributed by atoms with E-state index in [0.717, 1.165) is 47.9 Å². The summed E-state index contributed by atoms with van der Waals surface area (Å²) in [4.78, 5) is 2.36. The van der Waals surface area contributed by atoms with E-state index in [2.05, 4.69) is 15.1 Å². The predicted molar refractivity (Wildman–Crippen MR) is 94.5 cm³/mol. The van der Waals surface area contributed by atoms with E-state index in [4.69, 9.17) is 4.74 Å². The molecule has 1 saturated heterocycles. The number of aryl methyl sites for hydroxylation is 1. The Bertz CT molecular complexity index is 720. The molecule has 126 valence electrons. The molecule has 1 fully saturated rings. The van der Waals surface area contributed by atoms with Crippen LogP contribution in [0.1, 0.15) is 24.0 Å². The first-order valence-corrected chi connectivity index (χ1v) is 8.26. The molecule has 0 radical (unpaired) electrons. The van der Waals surface area contributed by atoms with Crippen LogP contribution in [0.15, 0.2) is 46.6 Å². The highest BCUT2D eigenvalue weighted by Crippen LogP contribution is 2.31.